The van der Waals surface area contributed by atoms with Crippen molar-refractivity contribution in [2.75, 3.05) is 17.7 Å². The number of hydrogen-bond donors (Lipinski definition) is 4. The number of carboxylic acids is 1. The largest absolute Gasteiger partial charge is 0.481 e. The highest BCUT2D eigenvalue weighted by Gasteiger charge is 2.33. The van der Waals surface area contributed by atoms with Crippen LogP contribution >= 0.6 is 11.6 Å². The maximum Gasteiger partial charge on any atom is 0.417 e. The molecule has 0 aliphatic heterocycles. The molecule has 3 amide bonds. The second kappa shape index (κ2) is 24.6. The van der Waals surface area contributed by atoms with Crippen LogP contribution in [0.1, 0.15) is 113 Å². The molecule has 0 aliphatic rings. The van der Waals surface area contributed by atoms with Crippen LogP contribution in [-0.4, -0.2) is 35.0 Å². The third-order valence-electron chi connectivity index (χ3n) is 7.72. The van der Waals surface area contributed by atoms with Gasteiger partial charge in [-0.1, -0.05) is 82.0 Å². The average Bonchev–Trinajstić information content (AvgIpc) is 3.11. The van der Waals surface area contributed by atoms with Gasteiger partial charge in [0.2, 0.25) is 0 Å². The highest BCUT2D eigenvalue weighted by Crippen LogP contribution is 2.36. The molecule has 0 atom stereocenters. The monoisotopic (exact) mass is 746 g/mol. The van der Waals surface area contributed by atoms with Gasteiger partial charge >= 0.3 is 18.2 Å². The average molecular weight is 747 g/mol. The third kappa shape index (κ3) is 18.6. The number of carboxylic acid groups (broad SMARTS) is 1. The van der Waals surface area contributed by atoms with Crippen LogP contribution in [0, 0.1) is 0 Å². The van der Waals surface area contributed by atoms with Crippen LogP contribution in [0.25, 0.3) is 0 Å². The van der Waals surface area contributed by atoms with Crippen molar-refractivity contribution in [2.45, 2.75) is 103 Å². The summed E-state index contributed by atoms with van der Waals surface area (Å²) in [7, 11) is 1.49. The quantitative estimate of drug-likeness (QED) is 0.0673. The van der Waals surface area contributed by atoms with Gasteiger partial charge in [-0.15, -0.1) is 0 Å². The van der Waals surface area contributed by atoms with E-state index in [1.165, 1.54) is 96.0 Å². The number of halogens is 4. The number of pyridine rings is 1. The molecule has 13 heteroatoms. The number of urea groups is 1. The van der Waals surface area contributed by atoms with Gasteiger partial charge in [-0.3, -0.25) is 14.6 Å². The van der Waals surface area contributed by atoms with E-state index in [1.807, 2.05) is 0 Å². The molecule has 0 saturated carbocycles. The molecule has 0 aliphatic carbocycles. The molecule has 0 bridgehead atoms. The Morgan fingerprint density at radius 3 is 1.96 bits per heavy atom. The number of nitrogens with zero attached hydrogens (tertiary/aromatic N) is 1. The van der Waals surface area contributed by atoms with Gasteiger partial charge in [-0.05, 0) is 80.6 Å². The van der Waals surface area contributed by atoms with Crippen molar-refractivity contribution in [3.8, 4) is 11.5 Å². The van der Waals surface area contributed by atoms with Crippen molar-refractivity contribution in [3.63, 3.8) is 0 Å². The first-order valence-corrected chi connectivity index (χ1v) is 18.1. The number of anilines is 2. The number of hydrogen-bond acceptors (Lipinski definition) is 5. The SMILES string of the molecule is CCCCCCCC/C=C\CCCCCCCC(=O)O.CNC(=O)c1cc(Oc2ccc(NC(=O)Nc3ccc(Cl)c(C(F)(F)F)c3)cc2)ccn1. The number of carbonyl (C=O) groups is 3. The second-order valence-corrected chi connectivity index (χ2v) is 12.5. The lowest BCUT2D eigenvalue weighted by Gasteiger charge is -2.12. The minimum Gasteiger partial charge on any atom is -0.481 e. The van der Waals surface area contributed by atoms with E-state index in [0.717, 1.165) is 25.0 Å². The van der Waals surface area contributed by atoms with E-state index in [-0.39, 0.29) is 17.3 Å². The molecule has 52 heavy (non-hydrogen) atoms. The Morgan fingerprint density at radius 1 is 0.788 bits per heavy atom. The number of aliphatic carboxylic acids is 1. The number of nitrogens with one attached hydrogen (secondary N) is 3. The zero-order chi connectivity index (χ0) is 38.2. The summed E-state index contributed by atoms with van der Waals surface area (Å²) in [6, 6.07) is 11.6. The van der Waals surface area contributed by atoms with E-state index < -0.39 is 28.8 Å². The molecule has 0 fully saturated rings. The summed E-state index contributed by atoms with van der Waals surface area (Å²) in [4.78, 5) is 38.0. The summed E-state index contributed by atoms with van der Waals surface area (Å²) >= 11 is 5.57. The molecule has 0 unspecified atom stereocenters. The van der Waals surface area contributed by atoms with E-state index in [2.05, 4.69) is 40.0 Å². The third-order valence-corrected chi connectivity index (χ3v) is 8.05. The van der Waals surface area contributed by atoms with Crippen molar-refractivity contribution in [1.82, 2.24) is 10.3 Å². The first-order chi connectivity index (χ1) is 24.9. The van der Waals surface area contributed by atoms with Crippen LogP contribution in [-0.2, 0) is 11.0 Å². The summed E-state index contributed by atoms with van der Waals surface area (Å²) < 4.78 is 44.5. The van der Waals surface area contributed by atoms with Gasteiger partial charge in [0.1, 0.15) is 17.2 Å². The Morgan fingerprint density at radius 2 is 1.37 bits per heavy atom. The summed E-state index contributed by atoms with van der Waals surface area (Å²) in [5.74, 6) is -0.204. The van der Waals surface area contributed by atoms with E-state index in [1.54, 1.807) is 30.3 Å². The van der Waals surface area contributed by atoms with E-state index in [9.17, 15) is 27.6 Å². The summed E-state index contributed by atoms with van der Waals surface area (Å²) in [5, 5.41) is 15.3. The lowest BCUT2D eigenvalue weighted by molar-refractivity contribution is -0.138. The Bertz CT molecular complexity index is 1550. The first kappa shape index (κ1) is 43.6. The zero-order valence-electron chi connectivity index (χ0n) is 29.9. The van der Waals surface area contributed by atoms with Crippen LogP contribution < -0.4 is 20.7 Å². The van der Waals surface area contributed by atoms with Crippen LogP contribution in [0.15, 0.2) is 72.9 Å². The van der Waals surface area contributed by atoms with Gasteiger partial charge in [0.05, 0.1) is 10.6 Å². The number of allylic oxidation sites excluding steroid dienone is 2. The summed E-state index contributed by atoms with van der Waals surface area (Å²) in [6.07, 6.45) is 18.0. The summed E-state index contributed by atoms with van der Waals surface area (Å²) in [5.41, 5.74) is -0.547. The van der Waals surface area contributed by atoms with Crippen molar-refractivity contribution in [2.24, 2.45) is 0 Å². The number of carbonyl (C=O) groups excluding carboxylic acids is 2. The van der Waals surface area contributed by atoms with E-state index >= 15 is 0 Å². The molecule has 2 aromatic carbocycles. The molecule has 3 rings (SSSR count). The Kier molecular flexibility index (Phi) is 20.6. The predicted octanol–water partition coefficient (Wildman–Crippen LogP) is 11.7. The van der Waals surface area contributed by atoms with Gasteiger partial charge in [0.25, 0.3) is 5.91 Å². The predicted molar refractivity (Wildman–Crippen MR) is 200 cm³/mol. The standard InChI is InChI=1S/C21H16ClF3N4O3.C18H34O2/c1-26-19(30)18-11-15(8-9-27-18)32-14-5-2-12(3-6-14)28-20(31)29-13-4-7-17(22)16(10-13)21(23,24)25;1-2-3-4-5-6-7-8-9-10-11-12-13-14-15-16-17-18(19)20/h2-11H,1H3,(H,26,30)(H2,28,29,31);9-10H,2-8,11-17H2,1H3,(H,19,20)/b;10-9-. The molecule has 1 heterocycles. The maximum atomic E-state index is 12.9. The first-order valence-electron chi connectivity index (χ1n) is 17.7. The van der Waals surface area contributed by atoms with Gasteiger partial charge in [-0.25, -0.2) is 4.79 Å². The van der Waals surface area contributed by atoms with E-state index in [0.29, 0.717) is 23.6 Å². The highest BCUT2D eigenvalue weighted by molar-refractivity contribution is 6.31. The molecule has 0 radical (unpaired) electrons. The van der Waals surface area contributed by atoms with Gasteiger partial charge in [0.15, 0.2) is 0 Å². The Balaban J connectivity index is 0.000000405. The fourth-order valence-corrected chi connectivity index (χ4v) is 5.15. The molecule has 0 saturated heterocycles. The zero-order valence-corrected chi connectivity index (χ0v) is 30.6. The van der Waals surface area contributed by atoms with E-state index in [4.69, 9.17) is 21.4 Å². The smallest absolute Gasteiger partial charge is 0.417 e. The van der Waals surface area contributed by atoms with Crippen LogP contribution in [0.3, 0.4) is 0 Å². The minimum absolute atomic E-state index is 0.0659. The van der Waals surface area contributed by atoms with Gasteiger partial charge in [-0.2, -0.15) is 13.2 Å². The number of alkyl halides is 3. The Labute approximate surface area is 309 Å². The number of rotatable bonds is 20. The maximum absolute atomic E-state index is 12.9. The molecule has 0 spiro atoms. The molecular weight excluding hydrogens is 697 g/mol. The number of ether oxygens (including phenoxy) is 1. The molecule has 284 valence electrons. The molecule has 3 aromatic rings. The lowest BCUT2D eigenvalue weighted by Crippen LogP contribution is -2.19. The van der Waals surface area contributed by atoms with Gasteiger partial charge < -0.3 is 25.8 Å². The van der Waals surface area contributed by atoms with Crippen LogP contribution in [0.2, 0.25) is 5.02 Å². The highest BCUT2D eigenvalue weighted by atomic mass is 35.5. The number of benzene rings is 2. The normalized spacial score (nSPS) is 11.0. The molecular formula is C39H50ClF3N4O5. The minimum atomic E-state index is -4.64. The number of amides is 3. The fourth-order valence-electron chi connectivity index (χ4n) is 4.93. The molecule has 9 nitrogen and oxygen atoms in total. The Hall–Kier alpha value is -4.58. The van der Waals surface area contributed by atoms with Crippen LogP contribution in [0.4, 0.5) is 29.3 Å². The lowest BCUT2D eigenvalue weighted by atomic mass is 10.1. The van der Waals surface area contributed by atoms with Crippen molar-refractivity contribution >= 4 is 40.9 Å². The molecule has 1 aromatic heterocycles. The van der Waals surface area contributed by atoms with Gasteiger partial charge in [0, 0.05) is 37.1 Å². The van der Waals surface area contributed by atoms with Crippen molar-refractivity contribution < 1.29 is 37.4 Å². The van der Waals surface area contributed by atoms with Crippen molar-refractivity contribution in [3.05, 3.63) is 89.2 Å². The molecule has 4 N–H and O–H groups in total. The summed E-state index contributed by atoms with van der Waals surface area (Å²) in [6.45, 7) is 2.26. The van der Waals surface area contributed by atoms with Crippen molar-refractivity contribution in [1.29, 1.82) is 0 Å². The number of unbranched alkanes of at least 4 members (excludes halogenated alkanes) is 11. The second-order valence-electron chi connectivity index (χ2n) is 12.1. The topological polar surface area (TPSA) is 130 Å². The number of aromatic nitrogens is 1. The fraction of sp³-hybridized carbons (Fsp3) is 0.436. The van der Waals surface area contributed by atoms with Crippen LogP contribution in [0.5, 0.6) is 11.5 Å².